The third kappa shape index (κ3) is 4.02. The van der Waals surface area contributed by atoms with Crippen molar-refractivity contribution in [3.63, 3.8) is 0 Å². The van der Waals surface area contributed by atoms with Crippen LogP contribution in [0.2, 0.25) is 0 Å². The Morgan fingerprint density at radius 2 is 1.19 bits per heavy atom. The van der Waals surface area contributed by atoms with Crippen LogP contribution in [0, 0.1) is 0 Å². The van der Waals surface area contributed by atoms with Gasteiger partial charge in [-0.1, -0.05) is 109 Å². The lowest BCUT2D eigenvalue weighted by Crippen LogP contribution is -2.36. The van der Waals surface area contributed by atoms with E-state index in [0.717, 1.165) is 28.4 Å². The maximum Gasteiger partial charge on any atom is 0.169 e. The minimum Gasteiger partial charge on any atom is -0.324 e. The number of rotatable bonds is 4. The van der Waals surface area contributed by atoms with E-state index >= 15 is 0 Å². The van der Waals surface area contributed by atoms with Crippen molar-refractivity contribution < 1.29 is 0 Å². The van der Waals surface area contributed by atoms with Gasteiger partial charge in [0.05, 0.1) is 0 Å². The fourth-order valence-electron chi connectivity index (χ4n) is 4.90. The van der Waals surface area contributed by atoms with Gasteiger partial charge in [0, 0.05) is 31.3 Å². The van der Waals surface area contributed by atoms with Gasteiger partial charge in [-0.15, -0.1) is 11.3 Å². The molecule has 2 heterocycles. The lowest BCUT2D eigenvalue weighted by atomic mass is 10.0. The molecule has 4 heteroatoms. The van der Waals surface area contributed by atoms with Gasteiger partial charge in [0.25, 0.3) is 0 Å². The first-order valence-electron chi connectivity index (χ1n) is 12.4. The van der Waals surface area contributed by atoms with Gasteiger partial charge in [-0.2, -0.15) is 0 Å². The lowest BCUT2D eigenvalue weighted by Gasteiger charge is -2.22. The average molecular weight is 494 g/mol. The van der Waals surface area contributed by atoms with Gasteiger partial charge < -0.3 is 5.32 Å². The van der Waals surface area contributed by atoms with Crippen molar-refractivity contribution in [2.24, 2.45) is 9.98 Å². The standard InChI is InChI=1S/C33H23N3S/c1-4-11-22(12-5-1)26-17-10-18-27-28-21-25(19-20-29(28)37-30(26)27)33-35-31(23-13-6-2-7-14-23)34-32(36-33)24-15-8-3-9-16-24/h1-21,31H,(H,34,35,36). The zero-order valence-corrected chi connectivity index (χ0v) is 20.8. The molecule has 37 heavy (non-hydrogen) atoms. The third-order valence-electron chi connectivity index (χ3n) is 6.74. The molecule has 1 atom stereocenters. The minimum absolute atomic E-state index is 0.299. The summed E-state index contributed by atoms with van der Waals surface area (Å²) >= 11 is 1.85. The predicted molar refractivity (Wildman–Crippen MR) is 157 cm³/mol. The minimum atomic E-state index is -0.299. The van der Waals surface area contributed by atoms with Gasteiger partial charge in [-0.3, -0.25) is 0 Å². The van der Waals surface area contributed by atoms with Crippen molar-refractivity contribution in [2.45, 2.75) is 6.17 Å². The van der Waals surface area contributed by atoms with E-state index in [-0.39, 0.29) is 6.17 Å². The molecule has 176 valence electrons. The monoisotopic (exact) mass is 493 g/mol. The summed E-state index contributed by atoms with van der Waals surface area (Å²) in [4.78, 5) is 10.0. The Balaban J connectivity index is 1.35. The molecular formula is C33H23N3S. The molecule has 0 bridgehead atoms. The molecule has 0 fully saturated rings. The van der Waals surface area contributed by atoms with Crippen molar-refractivity contribution in [1.82, 2.24) is 5.32 Å². The Labute approximate surface area is 219 Å². The number of hydrogen-bond donors (Lipinski definition) is 1. The lowest BCUT2D eigenvalue weighted by molar-refractivity contribution is 0.756. The molecule has 1 N–H and O–H groups in total. The largest absolute Gasteiger partial charge is 0.324 e. The van der Waals surface area contributed by atoms with E-state index in [0.29, 0.717) is 0 Å². The fraction of sp³-hybridized carbons (Fsp3) is 0.0303. The molecule has 6 aromatic rings. The Bertz CT molecular complexity index is 1790. The smallest absolute Gasteiger partial charge is 0.169 e. The second kappa shape index (κ2) is 9.16. The van der Waals surface area contributed by atoms with E-state index in [4.69, 9.17) is 9.98 Å². The van der Waals surface area contributed by atoms with Crippen LogP contribution in [-0.2, 0) is 0 Å². The van der Waals surface area contributed by atoms with Crippen LogP contribution in [0.5, 0.6) is 0 Å². The van der Waals surface area contributed by atoms with Crippen LogP contribution in [0.4, 0.5) is 0 Å². The number of nitrogens with zero attached hydrogens (tertiary/aromatic N) is 2. The van der Waals surface area contributed by atoms with Crippen molar-refractivity contribution in [1.29, 1.82) is 0 Å². The number of thiophene rings is 1. The van der Waals surface area contributed by atoms with E-state index in [1.54, 1.807) is 0 Å². The highest BCUT2D eigenvalue weighted by molar-refractivity contribution is 7.26. The van der Waals surface area contributed by atoms with E-state index in [1.165, 1.54) is 31.3 Å². The van der Waals surface area contributed by atoms with Crippen LogP contribution in [-0.4, -0.2) is 11.7 Å². The Morgan fingerprint density at radius 1 is 0.541 bits per heavy atom. The molecule has 7 rings (SSSR count). The average Bonchev–Trinajstić information content (AvgIpc) is 3.36. The van der Waals surface area contributed by atoms with Crippen LogP contribution in [0.25, 0.3) is 31.3 Å². The highest BCUT2D eigenvalue weighted by Gasteiger charge is 2.21. The van der Waals surface area contributed by atoms with Gasteiger partial charge in [-0.05, 0) is 34.9 Å². The summed E-state index contributed by atoms with van der Waals surface area (Å²) in [6, 6.07) is 44.4. The molecule has 1 aliphatic rings. The molecule has 0 amide bonds. The normalized spacial score (nSPS) is 15.3. The summed E-state index contributed by atoms with van der Waals surface area (Å²) < 4.78 is 2.59. The molecule has 5 aromatic carbocycles. The highest BCUT2D eigenvalue weighted by atomic mass is 32.1. The number of aliphatic imine (C=N–C) groups is 2. The van der Waals surface area contributed by atoms with Crippen LogP contribution in [0.3, 0.4) is 0 Å². The third-order valence-corrected chi connectivity index (χ3v) is 7.96. The summed E-state index contributed by atoms with van der Waals surface area (Å²) in [6.45, 7) is 0. The Hall–Kier alpha value is -4.54. The predicted octanol–water partition coefficient (Wildman–Crippen LogP) is 8.22. The number of fused-ring (bicyclic) bond motifs is 3. The van der Waals surface area contributed by atoms with Crippen LogP contribution < -0.4 is 5.32 Å². The summed E-state index contributed by atoms with van der Waals surface area (Å²) in [5.74, 6) is 1.67. The van der Waals surface area contributed by atoms with Crippen LogP contribution in [0.1, 0.15) is 22.9 Å². The Morgan fingerprint density at radius 3 is 1.92 bits per heavy atom. The number of benzene rings is 5. The zero-order valence-electron chi connectivity index (χ0n) is 20.0. The maximum atomic E-state index is 5.06. The van der Waals surface area contributed by atoms with Gasteiger partial charge in [0.1, 0.15) is 11.7 Å². The van der Waals surface area contributed by atoms with Gasteiger partial charge >= 0.3 is 0 Å². The quantitative estimate of drug-likeness (QED) is 0.264. The molecule has 1 aromatic heterocycles. The molecule has 1 unspecified atom stereocenters. The molecule has 0 saturated carbocycles. The van der Waals surface area contributed by atoms with Gasteiger partial charge in [0.15, 0.2) is 6.17 Å². The zero-order chi connectivity index (χ0) is 24.6. The molecule has 0 spiro atoms. The molecule has 1 aliphatic heterocycles. The van der Waals surface area contributed by atoms with E-state index in [1.807, 2.05) is 47.7 Å². The van der Waals surface area contributed by atoms with Crippen molar-refractivity contribution >= 4 is 43.2 Å². The first kappa shape index (κ1) is 21.7. The van der Waals surface area contributed by atoms with Crippen molar-refractivity contribution in [3.05, 3.63) is 144 Å². The summed E-state index contributed by atoms with van der Waals surface area (Å²) in [5.41, 5.74) is 5.70. The number of hydrogen-bond acceptors (Lipinski definition) is 4. The van der Waals surface area contributed by atoms with E-state index < -0.39 is 0 Å². The van der Waals surface area contributed by atoms with Crippen LogP contribution >= 0.6 is 11.3 Å². The molecule has 0 saturated heterocycles. The number of amidine groups is 2. The second-order valence-corrected chi connectivity index (χ2v) is 10.1. The summed E-state index contributed by atoms with van der Waals surface area (Å²) in [6.07, 6.45) is -0.299. The van der Waals surface area contributed by atoms with Gasteiger partial charge in [0.2, 0.25) is 0 Å². The second-order valence-electron chi connectivity index (χ2n) is 9.09. The van der Waals surface area contributed by atoms with E-state index in [9.17, 15) is 0 Å². The first-order chi connectivity index (χ1) is 18.3. The topological polar surface area (TPSA) is 36.8 Å². The SMILES string of the molecule is c1ccc(C2=NC(c3ccccc3)N=C(c3ccc4sc5c(-c6ccccc6)cccc5c4c3)N2)cc1. The fourth-order valence-corrected chi connectivity index (χ4v) is 6.12. The summed E-state index contributed by atoms with van der Waals surface area (Å²) in [5, 5.41) is 6.06. The molecule has 0 radical (unpaired) electrons. The highest BCUT2D eigenvalue weighted by Crippen LogP contribution is 2.40. The maximum absolute atomic E-state index is 5.06. The van der Waals surface area contributed by atoms with E-state index in [2.05, 4.69) is 96.3 Å². The number of nitrogens with one attached hydrogen (secondary N) is 1. The molecular weight excluding hydrogens is 470 g/mol. The molecule has 3 nitrogen and oxygen atoms in total. The van der Waals surface area contributed by atoms with Crippen molar-refractivity contribution in [3.8, 4) is 11.1 Å². The van der Waals surface area contributed by atoms with Crippen molar-refractivity contribution in [2.75, 3.05) is 0 Å². The first-order valence-corrected chi connectivity index (χ1v) is 13.2. The van der Waals surface area contributed by atoms with Crippen LogP contribution in [0.15, 0.2) is 137 Å². The summed E-state index contributed by atoms with van der Waals surface area (Å²) in [7, 11) is 0. The van der Waals surface area contributed by atoms with Gasteiger partial charge in [-0.25, -0.2) is 9.98 Å². The molecule has 0 aliphatic carbocycles. The Kier molecular flexibility index (Phi) is 5.38.